The molecular formula is C14H21F2NO. The van der Waals surface area contributed by atoms with E-state index in [9.17, 15) is 8.78 Å². The summed E-state index contributed by atoms with van der Waals surface area (Å²) in [5.74, 6) is 0.289. The molecule has 0 amide bonds. The van der Waals surface area contributed by atoms with Crippen LogP contribution in [-0.2, 0) is 6.54 Å². The van der Waals surface area contributed by atoms with Crippen molar-refractivity contribution in [3.63, 3.8) is 0 Å². The van der Waals surface area contributed by atoms with Crippen LogP contribution in [0, 0.1) is 13.8 Å². The van der Waals surface area contributed by atoms with E-state index < -0.39 is 6.61 Å². The molecule has 4 heteroatoms. The molecule has 0 saturated heterocycles. The molecule has 1 atom stereocenters. The first-order valence-electron chi connectivity index (χ1n) is 6.22. The Morgan fingerprint density at radius 3 is 2.22 bits per heavy atom. The molecule has 0 heterocycles. The monoisotopic (exact) mass is 257 g/mol. The van der Waals surface area contributed by atoms with Crippen molar-refractivity contribution in [3.05, 3.63) is 28.8 Å². The van der Waals surface area contributed by atoms with Crippen molar-refractivity contribution in [2.75, 3.05) is 0 Å². The van der Waals surface area contributed by atoms with Crippen LogP contribution in [-0.4, -0.2) is 12.7 Å². The van der Waals surface area contributed by atoms with Gasteiger partial charge in [0.1, 0.15) is 5.75 Å². The number of benzene rings is 1. The third kappa shape index (κ3) is 4.26. The third-order valence-electron chi connectivity index (χ3n) is 2.99. The minimum atomic E-state index is -2.77. The highest BCUT2D eigenvalue weighted by Gasteiger charge is 2.11. The molecule has 0 aliphatic rings. The van der Waals surface area contributed by atoms with Crippen LogP contribution < -0.4 is 10.1 Å². The Morgan fingerprint density at radius 2 is 1.78 bits per heavy atom. The van der Waals surface area contributed by atoms with Gasteiger partial charge in [0.2, 0.25) is 0 Å². The fourth-order valence-electron chi connectivity index (χ4n) is 1.85. The van der Waals surface area contributed by atoms with E-state index in [1.165, 1.54) is 0 Å². The van der Waals surface area contributed by atoms with Gasteiger partial charge in [-0.25, -0.2) is 0 Å². The summed E-state index contributed by atoms with van der Waals surface area (Å²) in [6, 6.07) is 4.22. The van der Waals surface area contributed by atoms with Gasteiger partial charge in [0.25, 0.3) is 0 Å². The van der Waals surface area contributed by atoms with Crippen LogP contribution in [0.4, 0.5) is 8.78 Å². The van der Waals surface area contributed by atoms with Crippen LogP contribution in [0.1, 0.15) is 37.0 Å². The highest BCUT2D eigenvalue weighted by Crippen LogP contribution is 2.26. The van der Waals surface area contributed by atoms with E-state index >= 15 is 0 Å². The zero-order valence-electron chi connectivity index (χ0n) is 11.4. The average molecular weight is 257 g/mol. The Labute approximate surface area is 107 Å². The molecular weight excluding hydrogens is 236 g/mol. The smallest absolute Gasteiger partial charge is 0.387 e. The van der Waals surface area contributed by atoms with Crippen molar-refractivity contribution in [2.24, 2.45) is 0 Å². The second kappa shape index (κ2) is 6.69. The molecule has 0 aliphatic carbocycles. The standard InChI is InChI=1S/C14H21F2NO/c1-5-11(4)17-8-12-6-9(2)13(10(3)7-12)18-14(15)16/h6-7,11,14,17H,5,8H2,1-4H3. The highest BCUT2D eigenvalue weighted by molar-refractivity contribution is 5.43. The van der Waals surface area contributed by atoms with Gasteiger partial charge in [-0.1, -0.05) is 19.1 Å². The molecule has 0 aliphatic heterocycles. The average Bonchev–Trinajstić information content (AvgIpc) is 2.30. The molecule has 0 saturated carbocycles. The van der Waals surface area contributed by atoms with Gasteiger partial charge in [0.15, 0.2) is 0 Å². The van der Waals surface area contributed by atoms with E-state index in [0.717, 1.165) is 29.7 Å². The first-order chi connectivity index (χ1) is 8.43. The number of ether oxygens (including phenoxy) is 1. The van der Waals surface area contributed by atoms with Gasteiger partial charge in [0, 0.05) is 12.6 Å². The predicted molar refractivity (Wildman–Crippen MR) is 69.1 cm³/mol. The summed E-state index contributed by atoms with van der Waals surface area (Å²) in [6.07, 6.45) is 1.06. The van der Waals surface area contributed by atoms with Crippen molar-refractivity contribution in [1.82, 2.24) is 5.32 Å². The number of hydrogen-bond acceptors (Lipinski definition) is 2. The summed E-state index contributed by atoms with van der Waals surface area (Å²) in [4.78, 5) is 0. The van der Waals surface area contributed by atoms with Crippen molar-refractivity contribution >= 4 is 0 Å². The van der Waals surface area contributed by atoms with Gasteiger partial charge in [-0.05, 0) is 43.9 Å². The van der Waals surface area contributed by atoms with Gasteiger partial charge in [-0.15, -0.1) is 0 Å². The van der Waals surface area contributed by atoms with E-state index in [4.69, 9.17) is 0 Å². The molecule has 18 heavy (non-hydrogen) atoms. The number of alkyl halides is 2. The topological polar surface area (TPSA) is 21.3 Å². The summed E-state index contributed by atoms with van der Waals surface area (Å²) in [7, 11) is 0. The molecule has 0 spiro atoms. The largest absolute Gasteiger partial charge is 0.434 e. The first kappa shape index (κ1) is 14.9. The zero-order valence-corrected chi connectivity index (χ0v) is 11.4. The van der Waals surface area contributed by atoms with E-state index in [1.54, 1.807) is 13.8 Å². The summed E-state index contributed by atoms with van der Waals surface area (Å²) >= 11 is 0. The van der Waals surface area contributed by atoms with Crippen LogP contribution in [0.3, 0.4) is 0 Å². The number of nitrogens with one attached hydrogen (secondary N) is 1. The Balaban J connectivity index is 2.79. The highest BCUT2D eigenvalue weighted by atomic mass is 19.3. The zero-order chi connectivity index (χ0) is 13.7. The van der Waals surface area contributed by atoms with Gasteiger partial charge < -0.3 is 10.1 Å². The predicted octanol–water partition coefficient (Wildman–Crippen LogP) is 3.79. The van der Waals surface area contributed by atoms with Crippen molar-refractivity contribution < 1.29 is 13.5 Å². The minimum absolute atomic E-state index is 0.289. The van der Waals surface area contributed by atoms with Gasteiger partial charge >= 0.3 is 6.61 Å². The van der Waals surface area contributed by atoms with Crippen molar-refractivity contribution in [2.45, 2.75) is 53.3 Å². The quantitative estimate of drug-likeness (QED) is 0.837. The Kier molecular flexibility index (Phi) is 5.54. The van der Waals surface area contributed by atoms with Crippen LogP contribution in [0.5, 0.6) is 5.75 Å². The van der Waals surface area contributed by atoms with Gasteiger partial charge in [-0.3, -0.25) is 0 Å². The minimum Gasteiger partial charge on any atom is -0.434 e. The first-order valence-corrected chi connectivity index (χ1v) is 6.22. The van der Waals surface area contributed by atoms with Crippen molar-refractivity contribution in [1.29, 1.82) is 0 Å². The number of hydrogen-bond donors (Lipinski definition) is 1. The molecule has 1 unspecified atom stereocenters. The van der Waals surface area contributed by atoms with E-state index in [1.807, 2.05) is 12.1 Å². The fraction of sp³-hybridized carbons (Fsp3) is 0.571. The lowest BCUT2D eigenvalue weighted by Crippen LogP contribution is -2.24. The molecule has 1 rings (SSSR count). The van der Waals surface area contributed by atoms with Crippen LogP contribution in [0.15, 0.2) is 12.1 Å². The molecule has 0 radical (unpaired) electrons. The van der Waals surface area contributed by atoms with Crippen LogP contribution in [0.25, 0.3) is 0 Å². The maximum Gasteiger partial charge on any atom is 0.387 e. The normalized spacial score (nSPS) is 12.8. The summed E-state index contributed by atoms with van der Waals surface area (Å²) in [5.41, 5.74) is 2.58. The number of aryl methyl sites for hydroxylation is 2. The van der Waals surface area contributed by atoms with Crippen molar-refractivity contribution in [3.8, 4) is 5.75 Å². The maximum atomic E-state index is 12.2. The number of rotatable bonds is 6. The molecule has 1 N–H and O–H groups in total. The lowest BCUT2D eigenvalue weighted by atomic mass is 10.1. The van der Waals surface area contributed by atoms with E-state index in [0.29, 0.717) is 6.04 Å². The maximum absolute atomic E-state index is 12.2. The Bertz CT molecular complexity index is 370. The second-order valence-electron chi connectivity index (χ2n) is 4.63. The third-order valence-corrected chi connectivity index (χ3v) is 2.99. The molecule has 2 nitrogen and oxygen atoms in total. The van der Waals surface area contributed by atoms with E-state index in [-0.39, 0.29) is 5.75 Å². The Morgan fingerprint density at radius 1 is 1.22 bits per heavy atom. The van der Waals surface area contributed by atoms with E-state index in [2.05, 4.69) is 23.9 Å². The fourth-order valence-corrected chi connectivity index (χ4v) is 1.85. The van der Waals surface area contributed by atoms with Gasteiger partial charge in [-0.2, -0.15) is 8.78 Å². The molecule has 1 aromatic rings. The summed E-state index contributed by atoms with van der Waals surface area (Å²) in [5, 5.41) is 3.37. The number of halogens is 2. The molecule has 1 aromatic carbocycles. The lowest BCUT2D eigenvalue weighted by molar-refractivity contribution is -0.0507. The Hall–Kier alpha value is -1.16. The summed E-state index contributed by atoms with van der Waals surface area (Å²) < 4.78 is 29.0. The van der Waals surface area contributed by atoms with Gasteiger partial charge in [0.05, 0.1) is 0 Å². The SMILES string of the molecule is CCC(C)NCc1cc(C)c(OC(F)F)c(C)c1. The molecule has 102 valence electrons. The molecule has 0 aromatic heterocycles. The van der Waals surface area contributed by atoms with Crippen LogP contribution in [0.2, 0.25) is 0 Å². The molecule has 0 bridgehead atoms. The molecule has 0 fully saturated rings. The second-order valence-corrected chi connectivity index (χ2v) is 4.63. The lowest BCUT2D eigenvalue weighted by Gasteiger charge is -2.15. The van der Waals surface area contributed by atoms with Crippen LogP contribution >= 0.6 is 0 Å². The summed E-state index contributed by atoms with van der Waals surface area (Å²) in [6.45, 7) is 5.79.